The van der Waals surface area contributed by atoms with Crippen LogP contribution < -0.4 is 0 Å². The van der Waals surface area contributed by atoms with Gasteiger partial charge < -0.3 is 5.11 Å². The maximum atomic E-state index is 10.9. The molecule has 2 rings (SSSR count). The Morgan fingerprint density at radius 1 is 1.40 bits per heavy atom. The van der Waals surface area contributed by atoms with Crippen LogP contribution in [0, 0.1) is 19.8 Å². The average molecular weight is 275 g/mol. The van der Waals surface area contributed by atoms with Crippen LogP contribution in [0.1, 0.15) is 48.9 Å². The summed E-state index contributed by atoms with van der Waals surface area (Å²) in [4.78, 5) is 13.3. The predicted molar refractivity (Wildman–Crippen MR) is 80.9 cm³/mol. The van der Waals surface area contributed by atoms with E-state index >= 15 is 0 Å². The lowest BCUT2D eigenvalue weighted by molar-refractivity contribution is -0.138. The molecule has 1 fully saturated rings. The van der Waals surface area contributed by atoms with E-state index in [-0.39, 0.29) is 0 Å². The standard InChI is InChI=1S/C17H25NO2/c1-12-6-7-16(9-13(12)2)14(3)18-8-4-5-15(11-18)10-17(19)20/h6-7,9,14-15H,4-5,8,10-11H2,1-3H3,(H,19,20). The Labute approximate surface area is 121 Å². The van der Waals surface area contributed by atoms with Gasteiger partial charge in [0, 0.05) is 19.0 Å². The molecule has 3 nitrogen and oxygen atoms in total. The summed E-state index contributed by atoms with van der Waals surface area (Å²) in [6.45, 7) is 8.49. The van der Waals surface area contributed by atoms with Crippen LogP contribution in [0.3, 0.4) is 0 Å². The maximum absolute atomic E-state index is 10.9. The molecule has 0 saturated carbocycles. The van der Waals surface area contributed by atoms with E-state index in [1.807, 2.05) is 0 Å². The van der Waals surface area contributed by atoms with Crippen molar-refractivity contribution in [1.29, 1.82) is 0 Å². The molecule has 2 unspecified atom stereocenters. The highest BCUT2D eigenvalue weighted by Crippen LogP contribution is 2.28. The van der Waals surface area contributed by atoms with Gasteiger partial charge in [0.1, 0.15) is 0 Å². The van der Waals surface area contributed by atoms with E-state index in [2.05, 4.69) is 43.9 Å². The minimum absolute atomic E-state index is 0.301. The van der Waals surface area contributed by atoms with Crippen molar-refractivity contribution >= 4 is 5.97 Å². The summed E-state index contributed by atoms with van der Waals surface area (Å²) >= 11 is 0. The third-order valence-corrected chi connectivity index (χ3v) is 4.57. The third kappa shape index (κ3) is 3.60. The van der Waals surface area contributed by atoms with Crippen molar-refractivity contribution in [3.05, 3.63) is 34.9 Å². The number of aliphatic carboxylic acids is 1. The fraction of sp³-hybridized carbons (Fsp3) is 0.588. The summed E-state index contributed by atoms with van der Waals surface area (Å²) in [6.07, 6.45) is 2.45. The van der Waals surface area contributed by atoms with Crippen LogP contribution in [0.2, 0.25) is 0 Å². The second kappa shape index (κ2) is 6.40. The van der Waals surface area contributed by atoms with Gasteiger partial charge in [-0.15, -0.1) is 0 Å². The van der Waals surface area contributed by atoms with Crippen LogP contribution >= 0.6 is 0 Å². The SMILES string of the molecule is Cc1ccc(C(C)N2CCCC(CC(=O)O)C2)cc1C. The number of benzene rings is 1. The van der Waals surface area contributed by atoms with Gasteiger partial charge in [0.25, 0.3) is 0 Å². The molecule has 0 bridgehead atoms. The molecular formula is C17H25NO2. The highest BCUT2D eigenvalue weighted by Gasteiger charge is 2.25. The molecule has 1 saturated heterocycles. The molecule has 1 aromatic carbocycles. The van der Waals surface area contributed by atoms with Gasteiger partial charge in [-0.2, -0.15) is 0 Å². The topological polar surface area (TPSA) is 40.5 Å². The summed E-state index contributed by atoms with van der Waals surface area (Å²) in [5, 5.41) is 8.96. The van der Waals surface area contributed by atoms with Gasteiger partial charge in [-0.1, -0.05) is 18.2 Å². The van der Waals surface area contributed by atoms with Crippen molar-refractivity contribution in [2.24, 2.45) is 5.92 Å². The first-order chi connectivity index (χ1) is 9.47. The zero-order chi connectivity index (χ0) is 14.7. The van der Waals surface area contributed by atoms with Gasteiger partial charge in [0.05, 0.1) is 0 Å². The Bertz CT molecular complexity index is 484. The van der Waals surface area contributed by atoms with Crippen molar-refractivity contribution in [3.63, 3.8) is 0 Å². The second-order valence-electron chi connectivity index (χ2n) is 6.12. The Kier molecular flexibility index (Phi) is 4.81. The molecular weight excluding hydrogens is 250 g/mol. The van der Waals surface area contributed by atoms with Gasteiger partial charge >= 0.3 is 5.97 Å². The lowest BCUT2D eigenvalue weighted by Gasteiger charge is -2.36. The summed E-state index contributed by atoms with van der Waals surface area (Å²) in [6, 6.07) is 7.01. The van der Waals surface area contributed by atoms with Gasteiger partial charge in [0.15, 0.2) is 0 Å². The predicted octanol–water partition coefficient (Wildman–Crippen LogP) is 3.55. The lowest BCUT2D eigenvalue weighted by atomic mass is 9.92. The quantitative estimate of drug-likeness (QED) is 0.913. The molecule has 0 radical (unpaired) electrons. The molecule has 20 heavy (non-hydrogen) atoms. The smallest absolute Gasteiger partial charge is 0.303 e. The van der Waals surface area contributed by atoms with Gasteiger partial charge in [-0.3, -0.25) is 9.69 Å². The van der Waals surface area contributed by atoms with E-state index in [1.165, 1.54) is 16.7 Å². The molecule has 1 aliphatic heterocycles. The van der Waals surface area contributed by atoms with E-state index < -0.39 is 5.97 Å². The van der Waals surface area contributed by atoms with E-state index in [4.69, 9.17) is 5.11 Å². The molecule has 1 aliphatic rings. The summed E-state index contributed by atoms with van der Waals surface area (Å²) in [5.41, 5.74) is 3.99. The maximum Gasteiger partial charge on any atom is 0.303 e. The first kappa shape index (κ1) is 15.0. The molecule has 1 N–H and O–H groups in total. The molecule has 1 aromatic rings. The second-order valence-corrected chi connectivity index (χ2v) is 6.12. The Balaban J connectivity index is 2.05. The Morgan fingerprint density at radius 3 is 2.80 bits per heavy atom. The highest BCUT2D eigenvalue weighted by molar-refractivity contribution is 5.67. The van der Waals surface area contributed by atoms with Crippen molar-refractivity contribution < 1.29 is 9.90 Å². The zero-order valence-electron chi connectivity index (χ0n) is 12.7. The minimum Gasteiger partial charge on any atom is -0.481 e. The molecule has 110 valence electrons. The van der Waals surface area contributed by atoms with Gasteiger partial charge in [-0.25, -0.2) is 0 Å². The van der Waals surface area contributed by atoms with Crippen LogP contribution in [0.15, 0.2) is 18.2 Å². The average Bonchev–Trinajstić information content (AvgIpc) is 2.40. The van der Waals surface area contributed by atoms with Crippen LogP contribution in [0.5, 0.6) is 0 Å². The third-order valence-electron chi connectivity index (χ3n) is 4.57. The van der Waals surface area contributed by atoms with E-state index in [1.54, 1.807) is 0 Å². The molecule has 0 amide bonds. The largest absolute Gasteiger partial charge is 0.481 e. The number of nitrogens with zero attached hydrogens (tertiary/aromatic N) is 1. The number of piperidine rings is 1. The Hall–Kier alpha value is -1.35. The summed E-state index contributed by atoms with van der Waals surface area (Å²) < 4.78 is 0. The number of rotatable bonds is 4. The van der Waals surface area contributed by atoms with E-state index in [0.717, 1.165) is 25.9 Å². The van der Waals surface area contributed by atoms with Crippen molar-refractivity contribution in [2.45, 2.75) is 46.1 Å². The fourth-order valence-electron chi connectivity index (χ4n) is 3.10. The highest BCUT2D eigenvalue weighted by atomic mass is 16.4. The van der Waals surface area contributed by atoms with Crippen LogP contribution in [-0.2, 0) is 4.79 Å². The van der Waals surface area contributed by atoms with E-state index in [9.17, 15) is 4.79 Å². The number of carboxylic acid groups (broad SMARTS) is 1. The normalized spacial score (nSPS) is 21.6. The van der Waals surface area contributed by atoms with Crippen molar-refractivity contribution in [1.82, 2.24) is 4.90 Å². The van der Waals surface area contributed by atoms with Crippen LogP contribution in [-0.4, -0.2) is 29.1 Å². The van der Waals surface area contributed by atoms with E-state index in [0.29, 0.717) is 18.4 Å². The number of carbonyl (C=O) groups is 1. The first-order valence-electron chi connectivity index (χ1n) is 7.50. The molecule has 3 heteroatoms. The van der Waals surface area contributed by atoms with Crippen molar-refractivity contribution in [3.8, 4) is 0 Å². The van der Waals surface area contributed by atoms with Gasteiger partial charge in [-0.05, 0) is 62.8 Å². The Morgan fingerprint density at radius 2 is 2.15 bits per heavy atom. The molecule has 1 heterocycles. The fourth-order valence-corrected chi connectivity index (χ4v) is 3.10. The minimum atomic E-state index is -0.671. The zero-order valence-corrected chi connectivity index (χ0v) is 12.7. The molecule has 0 aliphatic carbocycles. The molecule has 0 aromatic heterocycles. The molecule has 2 atom stereocenters. The number of carboxylic acids is 1. The van der Waals surface area contributed by atoms with Crippen molar-refractivity contribution in [2.75, 3.05) is 13.1 Å². The number of likely N-dealkylation sites (tertiary alicyclic amines) is 1. The van der Waals surface area contributed by atoms with Crippen LogP contribution in [0.4, 0.5) is 0 Å². The first-order valence-corrected chi connectivity index (χ1v) is 7.50. The monoisotopic (exact) mass is 275 g/mol. The number of hydrogen-bond acceptors (Lipinski definition) is 2. The lowest BCUT2D eigenvalue weighted by Crippen LogP contribution is -2.38. The molecule has 0 spiro atoms. The summed E-state index contributed by atoms with van der Waals surface area (Å²) in [5.74, 6) is -0.370. The van der Waals surface area contributed by atoms with Gasteiger partial charge in [0.2, 0.25) is 0 Å². The van der Waals surface area contributed by atoms with Crippen LogP contribution in [0.25, 0.3) is 0 Å². The summed E-state index contributed by atoms with van der Waals surface area (Å²) in [7, 11) is 0. The number of hydrogen-bond donors (Lipinski definition) is 1. The number of aryl methyl sites for hydroxylation is 2.